The zero-order valence-electron chi connectivity index (χ0n) is 16.6. The summed E-state index contributed by atoms with van der Waals surface area (Å²) in [4.78, 5) is 39.4. The molecule has 2 atom stereocenters. The fraction of sp³-hybridized carbons (Fsp3) is 0.286. The normalized spacial score (nSPS) is 19.8. The Hall–Kier alpha value is -3.14. The van der Waals surface area contributed by atoms with E-state index in [1.54, 1.807) is 18.2 Å². The fourth-order valence-corrected chi connectivity index (χ4v) is 4.18. The third-order valence-electron chi connectivity index (χ3n) is 5.27. The number of nitrogens with zero attached hydrogens (tertiary/aromatic N) is 1. The summed E-state index contributed by atoms with van der Waals surface area (Å²) in [5.41, 5.74) is 0.526. The van der Waals surface area contributed by atoms with E-state index in [-0.39, 0.29) is 35.7 Å². The Morgan fingerprint density at radius 3 is 2.68 bits per heavy atom. The second-order valence-electron chi connectivity index (χ2n) is 6.99. The van der Waals surface area contributed by atoms with E-state index in [1.807, 2.05) is 0 Å². The number of fused-ring (bicyclic) bond motifs is 1. The maximum atomic E-state index is 14.2. The van der Waals surface area contributed by atoms with Crippen LogP contribution in [-0.4, -0.2) is 42.9 Å². The molecule has 0 aliphatic carbocycles. The zero-order valence-corrected chi connectivity index (χ0v) is 18.2. The Morgan fingerprint density at radius 2 is 2.00 bits per heavy atom. The predicted molar refractivity (Wildman–Crippen MR) is 110 cm³/mol. The van der Waals surface area contributed by atoms with Crippen molar-refractivity contribution in [3.63, 3.8) is 0 Å². The molecule has 1 unspecified atom stereocenters. The first-order chi connectivity index (χ1) is 14.8. The number of esters is 1. The number of carbonyl (C=O) groups excluding carboxylic acids is 3. The molecule has 0 radical (unpaired) electrons. The van der Waals surface area contributed by atoms with Crippen LogP contribution in [0.4, 0.5) is 10.1 Å². The largest absolute Gasteiger partial charge is 0.493 e. The molecule has 1 N–H and O–H groups in total. The van der Waals surface area contributed by atoms with E-state index in [2.05, 4.69) is 21.2 Å². The van der Waals surface area contributed by atoms with E-state index in [0.29, 0.717) is 15.8 Å². The third kappa shape index (κ3) is 3.60. The summed E-state index contributed by atoms with van der Waals surface area (Å²) in [5.74, 6) is -1.70. The topological polar surface area (TPSA) is 94.2 Å². The maximum Gasteiger partial charge on any atom is 0.344 e. The molecule has 2 aromatic rings. The van der Waals surface area contributed by atoms with Gasteiger partial charge >= 0.3 is 5.97 Å². The monoisotopic (exact) mass is 492 g/mol. The van der Waals surface area contributed by atoms with Crippen molar-refractivity contribution in [3.05, 3.63) is 51.7 Å². The number of carbonyl (C=O) groups is 3. The van der Waals surface area contributed by atoms with Gasteiger partial charge in [0.2, 0.25) is 18.0 Å². The fourth-order valence-electron chi connectivity index (χ4n) is 3.85. The quantitative estimate of drug-likeness (QED) is 0.642. The summed E-state index contributed by atoms with van der Waals surface area (Å²) < 4.78 is 30.7. The van der Waals surface area contributed by atoms with Crippen LogP contribution in [0.2, 0.25) is 0 Å². The molecule has 162 valence electrons. The van der Waals surface area contributed by atoms with Gasteiger partial charge in [-0.3, -0.25) is 14.5 Å². The van der Waals surface area contributed by atoms with E-state index in [4.69, 9.17) is 14.2 Å². The highest BCUT2D eigenvalue weighted by Crippen LogP contribution is 2.45. The van der Waals surface area contributed by atoms with E-state index in [0.717, 1.165) is 0 Å². The van der Waals surface area contributed by atoms with Crippen molar-refractivity contribution < 1.29 is 33.0 Å². The maximum absolute atomic E-state index is 14.2. The molecule has 0 saturated carbocycles. The van der Waals surface area contributed by atoms with Crippen molar-refractivity contribution in [2.24, 2.45) is 0 Å². The molecular formula is C21H18BrFN2O6. The van der Waals surface area contributed by atoms with Crippen LogP contribution in [0.25, 0.3) is 0 Å². The lowest BCUT2D eigenvalue weighted by molar-refractivity contribution is -0.144. The number of ether oxygens (including phenoxy) is 3. The highest BCUT2D eigenvalue weighted by atomic mass is 79.9. The molecule has 2 aromatic carbocycles. The first-order valence-corrected chi connectivity index (χ1v) is 10.2. The minimum Gasteiger partial charge on any atom is -0.493 e. The summed E-state index contributed by atoms with van der Waals surface area (Å²) in [6.45, 7) is 0. The number of hydrogen-bond donors (Lipinski definition) is 1. The summed E-state index contributed by atoms with van der Waals surface area (Å²) in [5, 5.41) is 2.52. The van der Waals surface area contributed by atoms with Crippen LogP contribution in [0.5, 0.6) is 11.5 Å². The number of likely N-dealkylation sites (tertiary alicyclic amines) is 1. The van der Waals surface area contributed by atoms with Gasteiger partial charge in [0.1, 0.15) is 17.4 Å². The van der Waals surface area contributed by atoms with Crippen LogP contribution in [0, 0.1) is 5.82 Å². The smallest absolute Gasteiger partial charge is 0.344 e. The molecule has 2 aliphatic rings. The van der Waals surface area contributed by atoms with Crippen molar-refractivity contribution in [3.8, 4) is 11.5 Å². The van der Waals surface area contributed by atoms with Gasteiger partial charge in [0, 0.05) is 16.5 Å². The first kappa shape index (κ1) is 21.1. The predicted octanol–water partition coefficient (Wildman–Crippen LogP) is 3.40. The van der Waals surface area contributed by atoms with Crippen LogP contribution in [0.3, 0.4) is 0 Å². The zero-order chi connectivity index (χ0) is 22.3. The number of rotatable bonds is 5. The van der Waals surface area contributed by atoms with Crippen LogP contribution < -0.4 is 14.8 Å². The lowest BCUT2D eigenvalue weighted by Gasteiger charge is -2.29. The summed E-state index contributed by atoms with van der Waals surface area (Å²) >= 11 is 3.16. The molecule has 8 nitrogen and oxygen atoms in total. The van der Waals surface area contributed by atoms with Crippen LogP contribution >= 0.6 is 15.9 Å². The Morgan fingerprint density at radius 1 is 1.23 bits per heavy atom. The van der Waals surface area contributed by atoms with Gasteiger partial charge in [-0.05, 0) is 36.8 Å². The molecule has 10 heteroatoms. The molecule has 1 fully saturated rings. The van der Waals surface area contributed by atoms with Crippen molar-refractivity contribution in [1.82, 2.24) is 4.90 Å². The van der Waals surface area contributed by atoms with Crippen LogP contribution in [0.15, 0.2) is 34.8 Å². The summed E-state index contributed by atoms with van der Waals surface area (Å²) in [7, 11) is 2.83. The second-order valence-corrected chi connectivity index (χ2v) is 7.91. The summed E-state index contributed by atoms with van der Waals surface area (Å²) in [6, 6.07) is 6.49. The number of hydrogen-bond acceptors (Lipinski definition) is 6. The van der Waals surface area contributed by atoms with Gasteiger partial charge in [-0.1, -0.05) is 15.9 Å². The Bertz CT molecular complexity index is 1090. The average Bonchev–Trinajstić information content (AvgIpc) is 3.29. The molecule has 2 amide bonds. The van der Waals surface area contributed by atoms with Gasteiger partial charge in [0.15, 0.2) is 11.5 Å². The Balaban J connectivity index is 1.65. The van der Waals surface area contributed by atoms with Crippen molar-refractivity contribution in [2.75, 3.05) is 19.5 Å². The van der Waals surface area contributed by atoms with Gasteiger partial charge in [0.25, 0.3) is 0 Å². The number of nitrogens with one attached hydrogen (secondary N) is 1. The molecule has 1 saturated heterocycles. The number of methoxy groups -OCH3 is 2. The third-order valence-corrected chi connectivity index (χ3v) is 5.76. The van der Waals surface area contributed by atoms with E-state index < -0.39 is 30.0 Å². The first-order valence-electron chi connectivity index (χ1n) is 9.38. The number of anilines is 1. The van der Waals surface area contributed by atoms with Crippen molar-refractivity contribution >= 4 is 39.4 Å². The molecule has 2 heterocycles. The van der Waals surface area contributed by atoms with Crippen LogP contribution in [-0.2, 0) is 14.3 Å². The lowest BCUT2D eigenvalue weighted by Crippen LogP contribution is -2.44. The average molecular weight is 493 g/mol. The number of amides is 2. The minimum atomic E-state index is -1.09. The van der Waals surface area contributed by atoms with Gasteiger partial charge in [-0.15, -0.1) is 0 Å². The van der Waals surface area contributed by atoms with Gasteiger partial charge in [-0.25, -0.2) is 9.18 Å². The standard InChI is InChI=1S/C21H18BrFN2O6/c1-29-15-7-4-11-17(18(15)30-2)21(28)31-20(11)25-14(6-8-16(25)26)19(27)24-13-5-3-10(22)9-12(13)23/h3-5,7,9,14,20H,6,8H2,1-2H3,(H,24,27)/t14-,20?/m0/s1. The van der Waals surface area contributed by atoms with E-state index in [9.17, 15) is 18.8 Å². The van der Waals surface area contributed by atoms with Gasteiger partial charge < -0.3 is 19.5 Å². The Kier molecular flexibility index (Phi) is 5.57. The number of halogens is 2. The molecule has 2 aliphatic heterocycles. The molecule has 0 aromatic heterocycles. The molecule has 4 rings (SSSR count). The minimum absolute atomic E-state index is 0.0114. The van der Waals surface area contributed by atoms with Crippen LogP contribution in [0.1, 0.15) is 35.0 Å². The summed E-state index contributed by atoms with van der Waals surface area (Å²) in [6.07, 6.45) is -0.792. The number of cyclic esters (lactones) is 1. The molecular weight excluding hydrogens is 475 g/mol. The molecule has 0 bridgehead atoms. The molecule has 0 spiro atoms. The van der Waals surface area contributed by atoms with E-state index >= 15 is 0 Å². The SMILES string of the molecule is COc1ccc2c(c1OC)C(=O)OC2N1C(=O)CC[C@H]1C(=O)Nc1ccc(Br)cc1F. The Labute approximate surface area is 185 Å². The second kappa shape index (κ2) is 8.18. The van der Waals surface area contributed by atoms with Crippen molar-refractivity contribution in [1.29, 1.82) is 0 Å². The van der Waals surface area contributed by atoms with Gasteiger partial charge in [0.05, 0.1) is 19.9 Å². The van der Waals surface area contributed by atoms with Gasteiger partial charge in [-0.2, -0.15) is 0 Å². The molecule has 31 heavy (non-hydrogen) atoms. The number of benzene rings is 2. The lowest BCUT2D eigenvalue weighted by atomic mass is 10.1. The highest BCUT2D eigenvalue weighted by molar-refractivity contribution is 9.10. The highest BCUT2D eigenvalue weighted by Gasteiger charge is 2.47. The van der Waals surface area contributed by atoms with E-state index in [1.165, 1.54) is 31.3 Å². The van der Waals surface area contributed by atoms with Crippen molar-refractivity contribution in [2.45, 2.75) is 25.1 Å².